The lowest BCUT2D eigenvalue weighted by Gasteiger charge is -2.08. The maximum absolute atomic E-state index is 11.8. The molecule has 0 saturated carbocycles. The summed E-state index contributed by atoms with van der Waals surface area (Å²) in [6.07, 6.45) is 2.83. The van der Waals surface area contributed by atoms with Crippen molar-refractivity contribution in [2.45, 2.75) is 6.54 Å². The average molecular weight is 293 g/mol. The molecular formula is C13H13ClN4O2. The third-order valence-electron chi connectivity index (χ3n) is 2.52. The zero-order chi connectivity index (χ0) is 14.4. The van der Waals surface area contributed by atoms with Crippen LogP contribution in [0.5, 0.6) is 5.75 Å². The molecule has 2 aromatic rings. The van der Waals surface area contributed by atoms with Gasteiger partial charge in [0, 0.05) is 18.9 Å². The van der Waals surface area contributed by atoms with E-state index in [1.54, 1.807) is 7.11 Å². The molecule has 0 fully saturated rings. The first-order chi connectivity index (χ1) is 9.70. The summed E-state index contributed by atoms with van der Waals surface area (Å²) < 4.78 is 5.06. The quantitative estimate of drug-likeness (QED) is 0.818. The van der Waals surface area contributed by atoms with Gasteiger partial charge in [-0.05, 0) is 17.7 Å². The molecule has 1 aromatic heterocycles. The van der Waals surface area contributed by atoms with Crippen LogP contribution in [0.2, 0.25) is 5.15 Å². The molecule has 6 nitrogen and oxygen atoms in total. The van der Waals surface area contributed by atoms with Crippen molar-refractivity contribution in [1.82, 2.24) is 20.8 Å². The fourth-order valence-corrected chi connectivity index (χ4v) is 1.69. The Bertz CT molecular complexity index is 589. The Morgan fingerprint density at radius 1 is 1.25 bits per heavy atom. The van der Waals surface area contributed by atoms with Crippen LogP contribution in [0, 0.1) is 0 Å². The van der Waals surface area contributed by atoms with E-state index in [1.807, 2.05) is 24.3 Å². The second-order valence-corrected chi connectivity index (χ2v) is 4.21. The van der Waals surface area contributed by atoms with Crippen molar-refractivity contribution >= 4 is 17.5 Å². The summed E-state index contributed by atoms with van der Waals surface area (Å²) in [5.41, 5.74) is 6.38. The van der Waals surface area contributed by atoms with Gasteiger partial charge in [0.1, 0.15) is 5.75 Å². The van der Waals surface area contributed by atoms with Crippen LogP contribution in [0.4, 0.5) is 0 Å². The molecule has 1 amide bonds. The molecule has 2 rings (SSSR count). The number of hydrogen-bond acceptors (Lipinski definition) is 5. The van der Waals surface area contributed by atoms with Gasteiger partial charge in [0.25, 0.3) is 5.91 Å². The number of carbonyl (C=O) groups is 1. The maximum atomic E-state index is 11.8. The van der Waals surface area contributed by atoms with E-state index < -0.39 is 5.91 Å². The molecule has 0 unspecified atom stereocenters. The summed E-state index contributed by atoms with van der Waals surface area (Å²) in [6, 6.07) is 7.48. The van der Waals surface area contributed by atoms with Crippen LogP contribution in [0.3, 0.4) is 0 Å². The predicted octanol–water partition coefficient (Wildman–Crippen LogP) is 1.57. The molecule has 2 N–H and O–H groups in total. The van der Waals surface area contributed by atoms with Gasteiger partial charge in [0.15, 0.2) is 10.8 Å². The Morgan fingerprint density at radius 2 is 1.95 bits per heavy atom. The molecular weight excluding hydrogens is 280 g/mol. The maximum Gasteiger partial charge on any atom is 0.287 e. The first kappa shape index (κ1) is 14.2. The van der Waals surface area contributed by atoms with Gasteiger partial charge < -0.3 is 4.74 Å². The number of amides is 1. The molecule has 0 aliphatic heterocycles. The van der Waals surface area contributed by atoms with Gasteiger partial charge in [-0.2, -0.15) is 0 Å². The van der Waals surface area contributed by atoms with Crippen molar-refractivity contribution in [3.8, 4) is 5.75 Å². The lowest BCUT2D eigenvalue weighted by Crippen LogP contribution is -2.37. The minimum Gasteiger partial charge on any atom is -0.497 e. The Balaban J connectivity index is 1.86. The molecule has 0 aliphatic rings. The van der Waals surface area contributed by atoms with Crippen LogP contribution in [-0.2, 0) is 6.54 Å². The van der Waals surface area contributed by atoms with E-state index >= 15 is 0 Å². The second kappa shape index (κ2) is 6.83. The normalized spacial score (nSPS) is 10.1. The Kier molecular flexibility index (Phi) is 4.86. The van der Waals surface area contributed by atoms with E-state index in [9.17, 15) is 4.79 Å². The summed E-state index contributed by atoms with van der Waals surface area (Å²) in [4.78, 5) is 19.4. The lowest BCUT2D eigenvalue weighted by molar-refractivity contribution is 0.0927. The number of aromatic nitrogens is 2. The van der Waals surface area contributed by atoms with Gasteiger partial charge in [-0.3, -0.25) is 10.2 Å². The molecule has 104 valence electrons. The van der Waals surface area contributed by atoms with Crippen LogP contribution in [0.1, 0.15) is 16.1 Å². The minimum atomic E-state index is -0.434. The molecule has 0 atom stereocenters. The summed E-state index contributed by atoms with van der Waals surface area (Å²) in [7, 11) is 1.61. The van der Waals surface area contributed by atoms with Gasteiger partial charge in [-0.1, -0.05) is 23.7 Å². The number of halogens is 1. The molecule has 0 radical (unpaired) electrons. The highest BCUT2D eigenvalue weighted by Crippen LogP contribution is 2.11. The monoisotopic (exact) mass is 292 g/mol. The Labute approximate surface area is 121 Å². The van der Waals surface area contributed by atoms with Gasteiger partial charge in [-0.25, -0.2) is 15.4 Å². The van der Waals surface area contributed by atoms with Crippen LogP contribution >= 0.6 is 11.6 Å². The van der Waals surface area contributed by atoms with E-state index in [-0.39, 0.29) is 10.8 Å². The lowest BCUT2D eigenvalue weighted by atomic mass is 10.2. The molecule has 1 aromatic carbocycles. The van der Waals surface area contributed by atoms with Crippen molar-refractivity contribution in [2.75, 3.05) is 7.11 Å². The summed E-state index contributed by atoms with van der Waals surface area (Å²) in [6.45, 7) is 0.466. The third-order valence-corrected chi connectivity index (χ3v) is 2.80. The van der Waals surface area contributed by atoms with Crippen LogP contribution in [0.15, 0.2) is 36.7 Å². The second-order valence-electron chi connectivity index (χ2n) is 3.85. The molecule has 7 heteroatoms. The largest absolute Gasteiger partial charge is 0.497 e. The third kappa shape index (κ3) is 3.66. The van der Waals surface area contributed by atoms with Gasteiger partial charge in [0.2, 0.25) is 0 Å². The first-order valence-corrected chi connectivity index (χ1v) is 6.21. The number of hydrazine groups is 1. The molecule has 20 heavy (non-hydrogen) atoms. The van der Waals surface area contributed by atoms with Crippen molar-refractivity contribution < 1.29 is 9.53 Å². The number of methoxy groups -OCH3 is 1. The number of benzene rings is 1. The van der Waals surface area contributed by atoms with E-state index in [0.717, 1.165) is 11.3 Å². The highest BCUT2D eigenvalue weighted by Gasteiger charge is 2.11. The van der Waals surface area contributed by atoms with E-state index in [2.05, 4.69) is 20.8 Å². The van der Waals surface area contributed by atoms with Crippen LogP contribution < -0.4 is 15.6 Å². The fraction of sp³-hybridized carbons (Fsp3) is 0.154. The van der Waals surface area contributed by atoms with E-state index in [1.165, 1.54) is 12.4 Å². The average Bonchev–Trinajstić information content (AvgIpc) is 2.48. The zero-order valence-corrected chi connectivity index (χ0v) is 11.5. The van der Waals surface area contributed by atoms with Crippen molar-refractivity contribution in [3.63, 3.8) is 0 Å². The summed E-state index contributed by atoms with van der Waals surface area (Å²) in [5, 5.41) is 0.0660. The smallest absolute Gasteiger partial charge is 0.287 e. The molecule has 1 heterocycles. The number of ether oxygens (including phenoxy) is 1. The van der Waals surface area contributed by atoms with Gasteiger partial charge in [-0.15, -0.1) is 0 Å². The highest BCUT2D eigenvalue weighted by atomic mass is 35.5. The Morgan fingerprint density at radius 3 is 2.60 bits per heavy atom. The fourth-order valence-electron chi connectivity index (χ4n) is 1.50. The van der Waals surface area contributed by atoms with Crippen molar-refractivity contribution in [3.05, 3.63) is 53.1 Å². The minimum absolute atomic E-state index is 0.0660. The summed E-state index contributed by atoms with van der Waals surface area (Å²) >= 11 is 5.77. The standard InChI is InChI=1S/C13H13ClN4O2/c1-20-10-4-2-9(3-5-10)8-17-18-13(19)11-12(14)16-7-6-15-11/h2-7,17H,8H2,1H3,(H,18,19). The number of rotatable bonds is 5. The van der Waals surface area contributed by atoms with Crippen molar-refractivity contribution in [2.24, 2.45) is 0 Å². The number of hydrogen-bond donors (Lipinski definition) is 2. The number of nitrogens with one attached hydrogen (secondary N) is 2. The van der Waals surface area contributed by atoms with Crippen molar-refractivity contribution in [1.29, 1.82) is 0 Å². The first-order valence-electron chi connectivity index (χ1n) is 5.83. The Hall–Kier alpha value is -2.18. The van der Waals surface area contributed by atoms with Crippen LogP contribution in [0.25, 0.3) is 0 Å². The topological polar surface area (TPSA) is 76.1 Å². The molecule has 0 saturated heterocycles. The SMILES string of the molecule is COc1ccc(CNNC(=O)c2nccnc2Cl)cc1. The molecule has 0 bridgehead atoms. The number of carbonyl (C=O) groups excluding carboxylic acids is 1. The van der Waals surface area contributed by atoms with Gasteiger partial charge in [0.05, 0.1) is 7.11 Å². The zero-order valence-electron chi connectivity index (χ0n) is 10.8. The molecule has 0 spiro atoms. The predicted molar refractivity (Wildman–Crippen MR) is 74.3 cm³/mol. The van der Waals surface area contributed by atoms with Gasteiger partial charge >= 0.3 is 0 Å². The van der Waals surface area contributed by atoms with E-state index in [0.29, 0.717) is 6.54 Å². The number of nitrogens with zero attached hydrogens (tertiary/aromatic N) is 2. The summed E-state index contributed by atoms with van der Waals surface area (Å²) in [5.74, 6) is 0.348. The van der Waals surface area contributed by atoms with Crippen LogP contribution in [-0.4, -0.2) is 23.0 Å². The highest BCUT2D eigenvalue weighted by molar-refractivity contribution is 6.32. The molecule has 0 aliphatic carbocycles. The van der Waals surface area contributed by atoms with E-state index in [4.69, 9.17) is 16.3 Å².